The van der Waals surface area contributed by atoms with Crippen molar-refractivity contribution in [1.29, 1.82) is 0 Å². The zero-order valence-corrected chi connectivity index (χ0v) is 13.6. The Labute approximate surface area is 125 Å². The fourth-order valence-corrected chi connectivity index (χ4v) is 1.46. The summed E-state index contributed by atoms with van der Waals surface area (Å²) in [5.41, 5.74) is 1.12. The monoisotopic (exact) mass is 277 g/mol. The van der Waals surface area contributed by atoms with Gasteiger partial charge in [-0.3, -0.25) is 0 Å². The van der Waals surface area contributed by atoms with Crippen LogP contribution in [0.5, 0.6) is 5.75 Å². The molecule has 0 saturated heterocycles. The maximum Gasteiger partial charge on any atom is 0.119 e. The lowest BCUT2D eigenvalue weighted by Crippen LogP contribution is -2.25. The molecule has 0 aliphatic carbocycles. The molecule has 0 bridgehead atoms. The topological polar surface area (TPSA) is 21.3 Å². The summed E-state index contributed by atoms with van der Waals surface area (Å²) in [6, 6.07) is 8.63. The van der Waals surface area contributed by atoms with Gasteiger partial charge in [-0.15, -0.1) is 0 Å². The Morgan fingerprint density at radius 3 is 2.25 bits per heavy atom. The van der Waals surface area contributed by atoms with E-state index < -0.39 is 0 Å². The van der Waals surface area contributed by atoms with E-state index in [-0.39, 0.29) is 0 Å². The number of benzene rings is 1. The van der Waals surface area contributed by atoms with E-state index in [0.29, 0.717) is 6.04 Å². The van der Waals surface area contributed by atoms with Crippen LogP contribution in [0.1, 0.15) is 52.5 Å². The molecular formula is C18H31NO. The maximum atomic E-state index is 5.42. The van der Waals surface area contributed by atoms with E-state index in [0.717, 1.165) is 30.9 Å². The molecule has 0 heterocycles. The number of hydrogen-bond acceptors (Lipinski definition) is 2. The fraction of sp³-hybridized carbons (Fsp3) is 0.556. The Bertz CT molecular complexity index is 332. The molecule has 0 radical (unpaired) electrons. The largest absolute Gasteiger partial charge is 0.494 e. The Morgan fingerprint density at radius 2 is 1.80 bits per heavy atom. The van der Waals surface area contributed by atoms with Gasteiger partial charge in [0.25, 0.3) is 0 Å². The molecule has 0 saturated carbocycles. The molecule has 1 rings (SSSR count). The minimum Gasteiger partial charge on any atom is -0.494 e. The van der Waals surface area contributed by atoms with E-state index in [4.69, 9.17) is 4.74 Å². The first-order valence-corrected chi connectivity index (χ1v) is 7.76. The van der Waals surface area contributed by atoms with Gasteiger partial charge in [-0.25, -0.2) is 0 Å². The van der Waals surface area contributed by atoms with Gasteiger partial charge in [0.05, 0.1) is 6.61 Å². The Balaban J connectivity index is 0.000000396. The molecule has 0 aliphatic rings. The van der Waals surface area contributed by atoms with Crippen molar-refractivity contribution < 1.29 is 4.74 Å². The van der Waals surface area contributed by atoms with Crippen molar-refractivity contribution in [3.63, 3.8) is 0 Å². The average Bonchev–Trinajstić information content (AvgIpc) is 2.51. The molecule has 2 heteroatoms. The highest BCUT2D eigenvalue weighted by Gasteiger charge is 1.92. The first kappa shape index (κ1) is 18.7. The van der Waals surface area contributed by atoms with Crippen LogP contribution < -0.4 is 10.1 Å². The molecule has 2 nitrogen and oxygen atoms in total. The quantitative estimate of drug-likeness (QED) is 0.729. The van der Waals surface area contributed by atoms with Crippen LogP contribution >= 0.6 is 0 Å². The summed E-state index contributed by atoms with van der Waals surface area (Å²) in [5, 5.41) is 3.38. The first-order valence-electron chi connectivity index (χ1n) is 7.76. The van der Waals surface area contributed by atoms with Gasteiger partial charge >= 0.3 is 0 Å². The lowest BCUT2D eigenvalue weighted by Gasteiger charge is -2.08. The smallest absolute Gasteiger partial charge is 0.119 e. The lowest BCUT2D eigenvalue weighted by atomic mass is 10.2. The van der Waals surface area contributed by atoms with Crippen LogP contribution in [0.15, 0.2) is 30.8 Å². The maximum absolute atomic E-state index is 5.42. The van der Waals surface area contributed by atoms with Crippen LogP contribution in [0.2, 0.25) is 0 Å². The van der Waals surface area contributed by atoms with Crippen molar-refractivity contribution in [1.82, 2.24) is 5.32 Å². The van der Waals surface area contributed by atoms with Crippen LogP contribution in [0, 0.1) is 0 Å². The molecule has 0 fully saturated rings. The minimum atomic E-state index is 0.704. The Morgan fingerprint density at radius 1 is 1.15 bits per heavy atom. The molecule has 0 aromatic heterocycles. The van der Waals surface area contributed by atoms with Crippen LogP contribution in [0.3, 0.4) is 0 Å². The summed E-state index contributed by atoms with van der Waals surface area (Å²) in [4.78, 5) is 0. The second kappa shape index (κ2) is 12.7. The molecule has 1 aromatic rings. The summed E-state index contributed by atoms with van der Waals surface area (Å²) >= 11 is 0. The van der Waals surface area contributed by atoms with Gasteiger partial charge in [-0.1, -0.05) is 45.6 Å². The van der Waals surface area contributed by atoms with Crippen molar-refractivity contribution in [3.8, 4) is 5.75 Å². The highest BCUT2D eigenvalue weighted by atomic mass is 16.5. The van der Waals surface area contributed by atoms with Gasteiger partial charge < -0.3 is 10.1 Å². The number of hydrogen-bond donors (Lipinski definition) is 1. The van der Waals surface area contributed by atoms with Gasteiger partial charge in [0.2, 0.25) is 0 Å². The van der Waals surface area contributed by atoms with E-state index in [9.17, 15) is 0 Å². The summed E-state index contributed by atoms with van der Waals surface area (Å²) in [6.45, 7) is 14.3. The molecule has 0 aliphatic heterocycles. The van der Waals surface area contributed by atoms with E-state index in [1.165, 1.54) is 12.8 Å². The highest BCUT2D eigenvalue weighted by molar-refractivity contribution is 5.48. The third-order valence-electron chi connectivity index (χ3n) is 2.94. The second-order valence-corrected chi connectivity index (χ2v) is 4.89. The van der Waals surface area contributed by atoms with Crippen molar-refractivity contribution in [2.75, 3.05) is 13.2 Å². The van der Waals surface area contributed by atoms with Gasteiger partial charge in [-0.05, 0) is 50.4 Å². The first-order chi connectivity index (χ1) is 9.67. The molecule has 1 N–H and O–H groups in total. The lowest BCUT2D eigenvalue weighted by molar-refractivity contribution is 0.317. The van der Waals surface area contributed by atoms with E-state index in [1.807, 2.05) is 30.3 Å². The Hall–Kier alpha value is -1.28. The zero-order valence-electron chi connectivity index (χ0n) is 13.6. The predicted molar refractivity (Wildman–Crippen MR) is 90.4 cm³/mol. The molecule has 0 spiro atoms. The zero-order chi connectivity index (χ0) is 15.2. The molecule has 0 amide bonds. The summed E-state index contributed by atoms with van der Waals surface area (Å²) < 4.78 is 5.42. The van der Waals surface area contributed by atoms with Crippen LogP contribution in [0.4, 0.5) is 0 Å². The molecular weight excluding hydrogens is 246 g/mol. The second-order valence-electron chi connectivity index (χ2n) is 4.89. The minimum absolute atomic E-state index is 0.704. The summed E-state index contributed by atoms with van der Waals surface area (Å²) in [5.74, 6) is 0.933. The van der Waals surface area contributed by atoms with Gasteiger partial charge in [0.15, 0.2) is 0 Å². The fourth-order valence-electron chi connectivity index (χ4n) is 1.46. The standard InChI is InChI=1S/C11H14O.C7H17N/c1-3-9-12-11-7-5-10(4-2)6-8-11;1-4-6-8-7(3)5-2/h4-8H,2-3,9H2,1H3;7-8H,4-6H2,1-3H3. The number of ether oxygens (including phenoxy) is 1. The van der Waals surface area contributed by atoms with E-state index in [2.05, 4.69) is 39.6 Å². The van der Waals surface area contributed by atoms with E-state index in [1.54, 1.807) is 0 Å². The average molecular weight is 277 g/mol. The Kier molecular flexibility index (Phi) is 11.9. The van der Waals surface area contributed by atoms with Gasteiger partial charge in [0.1, 0.15) is 5.75 Å². The van der Waals surface area contributed by atoms with Crippen molar-refractivity contribution in [2.45, 2.75) is 53.0 Å². The third kappa shape index (κ3) is 9.62. The van der Waals surface area contributed by atoms with Crippen LogP contribution in [0.25, 0.3) is 6.08 Å². The SMILES string of the molecule is C=Cc1ccc(OCCC)cc1.CCCNC(C)CC. The van der Waals surface area contributed by atoms with Gasteiger partial charge in [0, 0.05) is 6.04 Å². The summed E-state index contributed by atoms with van der Waals surface area (Å²) in [7, 11) is 0. The molecule has 1 aromatic carbocycles. The third-order valence-corrected chi connectivity index (χ3v) is 2.94. The van der Waals surface area contributed by atoms with Crippen LogP contribution in [-0.2, 0) is 0 Å². The normalized spacial score (nSPS) is 11.2. The van der Waals surface area contributed by atoms with Gasteiger partial charge in [-0.2, -0.15) is 0 Å². The predicted octanol–water partition coefficient (Wildman–Crippen LogP) is 4.90. The van der Waals surface area contributed by atoms with Crippen molar-refractivity contribution in [2.24, 2.45) is 0 Å². The number of nitrogens with one attached hydrogen (secondary N) is 1. The molecule has 1 atom stereocenters. The van der Waals surface area contributed by atoms with Crippen molar-refractivity contribution in [3.05, 3.63) is 36.4 Å². The molecule has 1 unspecified atom stereocenters. The summed E-state index contributed by atoms with van der Waals surface area (Å²) in [6.07, 6.45) is 5.34. The van der Waals surface area contributed by atoms with Crippen LogP contribution in [-0.4, -0.2) is 19.2 Å². The molecule has 114 valence electrons. The number of rotatable bonds is 8. The van der Waals surface area contributed by atoms with Crippen molar-refractivity contribution >= 4 is 6.08 Å². The molecule has 20 heavy (non-hydrogen) atoms. The van der Waals surface area contributed by atoms with E-state index >= 15 is 0 Å². The highest BCUT2D eigenvalue weighted by Crippen LogP contribution is 2.12.